The highest BCUT2D eigenvalue weighted by atomic mass is 16.3. The molecule has 11 heavy (non-hydrogen) atoms. The lowest BCUT2D eigenvalue weighted by atomic mass is 10.0. The topological polar surface area (TPSA) is 70.0 Å². The molecule has 1 saturated carbocycles. The number of nitrogens with two attached hydrogens (primary N) is 1. The van der Waals surface area contributed by atoms with Gasteiger partial charge in [0.05, 0.1) is 18.1 Å². The molecule has 58 valence electrons. The predicted octanol–water partition coefficient (Wildman–Crippen LogP) is -0.370. The van der Waals surface area contributed by atoms with Crippen molar-refractivity contribution in [3.8, 4) is 6.07 Å². The molecule has 2 aliphatic carbocycles. The summed E-state index contributed by atoms with van der Waals surface area (Å²) in [5.41, 5.74) is 5.57. The van der Waals surface area contributed by atoms with E-state index in [1.54, 1.807) is 6.08 Å². The van der Waals surface area contributed by atoms with Gasteiger partial charge >= 0.3 is 0 Å². The predicted molar refractivity (Wildman–Crippen MR) is 39.2 cm³/mol. The fourth-order valence-corrected chi connectivity index (χ4v) is 1.85. The number of rotatable bonds is 0. The van der Waals surface area contributed by atoms with E-state index in [4.69, 9.17) is 11.0 Å². The maximum absolute atomic E-state index is 9.46. The van der Waals surface area contributed by atoms with E-state index >= 15 is 0 Å². The number of nitriles is 1. The average molecular weight is 150 g/mol. The zero-order valence-electron chi connectivity index (χ0n) is 6.01. The number of aliphatic hydroxyl groups is 1. The summed E-state index contributed by atoms with van der Waals surface area (Å²) in [7, 11) is 0. The van der Waals surface area contributed by atoms with Gasteiger partial charge in [0.1, 0.15) is 0 Å². The van der Waals surface area contributed by atoms with Crippen molar-refractivity contribution in [1.82, 2.24) is 0 Å². The summed E-state index contributed by atoms with van der Waals surface area (Å²) in [6.45, 7) is 0. The molecule has 0 radical (unpaired) electrons. The van der Waals surface area contributed by atoms with Crippen LogP contribution in [0.25, 0.3) is 0 Å². The summed E-state index contributed by atoms with van der Waals surface area (Å²) >= 11 is 0. The van der Waals surface area contributed by atoms with Crippen LogP contribution in [0.5, 0.6) is 0 Å². The highest BCUT2D eigenvalue weighted by molar-refractivity contribution is 5.25. The highest BCUT2D eigenvalue weighted by Gasteiger charge is 2.55. The van der Waals surface area contributed by atoms with Gasteiger partial charge in [-0.25, -0.2) is 0 Å². The first-order chi connectivity index (χ1) is 5.25. The van der Waals surface area contributed by atoms with E-state index in [1.807, 2.05) is 6.08 Å². The van der Waals surface area contributed by atoms with Crippen LogP contribution in [0.3, 0.4) is 0 Å². The van der Waals surface area contributed by atoms with Crippen LogP contribution in [0.4, 0.5) is 0 Å². The van der Waals surface area contributed by atoms with Crippen LogP contribution in [-0.4, -0.2) is 17.3 Å². The van der Waals surface area contributed by atoms with E-state index in [1.165, 1.54) is 0 Å². The van der Waals surface area contributed by atoms with E-state index in [-0.39, 0.29) is 23.8 Å². The Morgan fingerprint density at radius 3 is 2.82 bits per heavy atom. The fourth-order valence-electron chi connectivity index (χ4n) is 1.85. The second-order valence-electron chi connectivity index (χ2n) is 3.26. The average Bonchev–Trinajstić information content (AvgIpc) is 2.71. The summed E-state index contributed by atoms with van der Waals surface area (Å²) in [5.74, 6) is 0.393. The zero-order valence-corrected chi connectivity index (χ0v) is 6.01. The van der Waals surface area contributed by atoms with Crippen LogP contribution in [0.15, 0.2) is 12.2 Å². The Hall–Kier alpha value is -0.850. The largest absolute Gasteiger partial charge is 0.391 e. The molecule has 0 aromatic rings. The molecule has 0 aromatic carbocycles. The highest BCUT2D eigenvalue weighted by Crippen LogP contribution is 2.51. The molecule has 0 bridgehead atoms. The Bertz CT molecular complexity index is 243. The van der Waals surface area contributed by atoms with E-state index in [0.29, 0.717) is 0 Å². The smallest absolute Gasteiger partial charge is 0.0773 e. The van der Waals surface area contributed by atoms with Crippen molar-refractivity contribution in [1.29, 1.82) is 5.26 Å². The van der Waals surface area contributed by atoms with Gasteiger partial charge in [0, 0.05) is 12.0 Å². The minimum Gasteiger partial charge on any atom is -0.391 e. The number of allylic oxidation sites excluding steroid dienone is 1. The third-order valence-corrected chi connectivity index (χ3v) is 2.63. The van der Waals surface area contributed by atoms with Gasteiger partial charge in [-0.15, -0.1) is 0 Å². The van der Waals surface area contributed by atoms with Crippen LogP contribution in [-0.2, 0) is 0 Å². The molecule has 1 fully saturated rings. The molecule has 3 heteroatoms. The Morgan fingerprint density at radius 2 is 2.18 bits per heavy atom. The van der Waals surface area contributed by atoms with Crippen molar-refractivity contribution in [2.45, 2.75) is 12.1 Å². The van der Waals surface area contributed by atoms with Crippen molar-refractivity contribution >= 4 is 0 Å². The van der Waals surface area contributed by atoms with E-state index < -0.39 is 6.10 Å². The molecule has 0 heterocycles. The van der Waals surface area contributed by atoms with Gasteiger partial charge in [0.15, 0.2) is 0 Å². The first-order valence-electron chi connectivity index (χ1n) is 3.77. The van der Waals surface area contributed by atoms with Gasteiger partial charge in [-0.2, -0.15) is 5.26 Å². The zero-order chi connectivity index (χ0) is 8.01. The molecule has 0 unspecified atom stereocenters. The van der Waals surface area contributed by atoms with Crippen LogP contribution in [0, 0.1) is 29.1 Å². The Labute approximate surface area is 65.1 Å². The summed E-state index contributed by atoms with van der Waals surface area (Å²) in [6.07, 6.45) is 3.24. The third-order valence-electron chi connectivity index (χ3n) is 2.63. The standard InChI is InChI=1S/C8H10N2O/c9-3-5-4-1-2-6(10)8(11)7(4)5/h1-2,4-8,11H,10H2/t4-,5-,6-,7-,8+/m0/s1. The van der Waals surface area contributed by atoms with Crippen molar-refractivity contribution in [2.75, 3.05) is 0 Å². The first kappa shape index (κ1) is 6.84. The summed E-state index contributed by atoms with van der Waals surface area (Å²) in [4.78, 5) is 0. The third kappa shape index (κ3) is 0.802. The molecule has 0 aromatic heterocycles. The Balaban J connectivity index is 2.18. The number of hydrogen-bond donors (Lipinski definition) is 2. The van der Waals surface area contributed by atoms with Gasteiger partial charge < -0.3 is 10.8 Å². The van der Waals surface area contributed by atoms with Crippen molar-refractivity contribution in [3.05, 3.63) is 12.2 Å². The molecule has 3 nitrogen and oxygen atoms in total. The minimum absolute atomic E-state index is 0.00907. The minimum atomic E-state index is -0.505. The first-order valence-corrected chi connectivity index (χ1v) is 3.77. The molecule has 5 atom stereocenters. The number of fused-ring (bicyclic) bond motifs is 1. The lowest BCUT2D eigenvalue weighted by Crippen LogP contribution is -2.36. The maximum atomic E-state index is 9.46. The normalized spacial score (nSPS) is 53.0. The summed E-state index contributed by atoms with van der Waals surface area (Å²) in [6, 6.07) is 1.90. The molecular weight excluding hydrogens is 140 g/mol. The quantitative estimate of drug-likeness (QED) is 0.463. The second-order valence-corrected chi connectivity index (χ2v) is 3.26. The molecule has 2 aliphatic rings. The molecule has 2 rings (SSSR count). The van der Waals surface area contributed by atoms with E-state index in [9.17, 15) is 5.11 Å². The number of nitrogens with zero attached hydrogens (tertiary/aromatic N) is 1. The second kappa shape index (κ2) is 2.07. The van der Waals surface area contributed by atoms with Gasteiger partial charge in [-0.3, -0.25) is 0 Å². The molecule has 0 aliphatic heterocycles. The SMILES string of the molecule is N#C[C@H]1[C@@H]2C=C[C@H](N)[C@@H](O)[C@H]12. The van der Waals surface area contributed by atoms with Crippen molar-refractivity contribution < 1.29 is 5.11 Å². The molecule has 0 amide bonds. The van der Waals surface area contributed by atoms with Crippen LogP contribution < -0.4 is 5.73 Å². The maximum Gasteiger partial charge on any atom is 0.0773 e. The van der Waals surface area contributed by atoms with Gasteiger partial charge in [0.2, 0.25) is 0 Å². The number of hydrogen-bond acceptors (Lipinski definition) is 3. The molecule has 0 saturated heterocycles. The lowest BCUT2D eigenvalue weighted by Gasteiger charge is -2.17. The number of aliphatic hydroxyl groups excluding tert-OH is 1. The van der Waals surface area contributed by atoms with E-state index in [2.05, 4.69) is 6.07 Å². The molecular formula is C8H10N2O. The monoisotopic (exact) mass is 150 g/mol. The van der Waals surface area contributed by atoms with Crippen LogP contribution >= 0.6 is 0 Å². The van der Waals surface area contributed by atoms with Gasteiger partial charge in [0.25, 0.3) is 0 Å². The van der Waals surface area contributed by atoms with Gasteiger partial charge in [-0.05, 0) is 5.92 Å². The summed E-state index contributed by atoms with van der Waals surface area (Å²) < 4.78 is 0. The van der Waals surface area contributed by atoms with E-state index in [0.717, 1.165) is 0 Å². The summed E-state index contributed by atoms with van der Waals surface area (Å²) in [5, 5.41) is 18.1. The molecule has 0 spiro atoms. The van der Waals surface area contributed by atoms with Crippen molar-refractivity contribution in [3.63, 3.8) is 0 Å². The molecule has 3 N–H and O–H groups in total. The fraction of sp³-hybridized carbons (Fsp3) is 0.625. The van der Waals surface area contributed by atoms with Gasteiger partial charge in [-0.1, -0.05) is 12.2 Å². The Kier molecular flexibility index (Phi) is 1.28. The van der Waals surface area contributed by atoms with Crippen molar-refractivity contribution in [2.24, 2.45) is 23.5 Å². The lowest BCUT2D eigenvalue weighted by molar-refractivity contribution is 0.127. The van der Waals surface area contributed by atoms with Crippen LogP contribution in [0.2, 0.25) is 0 Å². The van der Waals surface area contributed by atoms with Crippen LogP contribution in [0.1, 0.15) is 0 Å². The Morgan fingerprint density at radius 1 is 1.45 bits per heavy atom.